The Balaban J connectivity index is 2.76. The van der Waals surface area contributed by atoms with Crippen LogP contribution in [-0.2, 0) is 9.53 Å². The quantitative estimate of drug-likeness (QED) is 0.664. The number of methoxy groups -OCH3 is 1. The molecule has 3 N–H and O–H groups in total. The van der Waals surface area contributed by atoms with E-state index >= 15 is 0 Å². The summed E-state index contributed by atoms with van der Waals surface area (Å²) in [6.07, 6.45) is 0. The van der Waals surface area contributed by atoms with Crippen LogP contribution in [0.25, 0.3) is 0 Å². The lowest BCUT2D eigenvalue weighted by atomic mass is 10.1. The van der Waals surface area contributed by atoms with Gasteiger partial charge in [0, 0.05) is 30.9 Å². The summed E-state index contributed by atoms with van der Waals surface area (Å²) < 4.78 is 4.89. The fourth-order valence-electron chi connectivity index (χ4n) is 1.93. The van der Waals surface area contributed by atoms with Gasteiger partial charge in [-0.25, -0.2) is 4.79 Å². The van der Waals surface area contributed by atoms with Gasteiger partial charge < -0.3 is 25.4 Å². The molecule has 24 heavy (non-hydrogen) atoms. The van der Waals surface area contributed by atoms with E-state index in [-0.39, 0.29) is 25.2 Å². The molecule has 0 bridgehead atoms. The number of anilines is 1. The van der Waals surface area contributed by atoms with Crippen molar-refractivity contribution in [3.8, 4) is 0 Å². The first kappa shape index (κ1) is 19.4. The Morgan fingerprint density at radius 3 is 2.33 bits per heavy atom. The zero-order chi connectivity index (χ0) is 18.1. The van der Waals surface area contributed by atoms with Crippen molar-refractivity contribution in [1.29, 1.82) is 0 Å². The number of carbonyl (C=O) groups is 3. The number of ether oxygens (including phenoxy) is 1. The monoisotopic (exact) mass is 337 g/mol. The van der Waals surface area contributed by atoms with Gasteiger partial charge in [0.15, 0.2) is 0 Å². The molecule has 1 rings (SSSR count). The Morgan fingerprint density at radius 2 is 1.83 bits per heavy atom. The highest BCUT2D eigenvalue weighted by molar-refractivity contribution is 5.97. The van der Waals surface area contributed by atoms with Crippen molar-refractivity contribution in [3.63, 3.8) is 0 Å². The van der Waals surface area contributed by atoms with Crippen molar-refractivity contribution < 1.29 is 24.2 Å². The van der Waals surface area contributed by atoms with Crippen LogP contribution < -0.4 is 10.6 Å². The summed E-state index contributed by atoms with van der Waals surface area (Å²) in [7, 11) is 1.48. The van der Waals surface area contributed by atoms with Crippen molar-refractivity contribution in [3.05, 3.63) is 29.8 Å². The number of nitrogens with zero attached hydrogens (tertiary/aromatic N) is 1. The van der Waals surface area contributed by atoms with Gasteiger partial charge in [-0.05, 0) is 38.1 Å². The number of carboxylic acids is 1. The Bertz CT molecular complexity index is 572. The fraction of sp³-hybridized carbons (Fsp3) is 0.438. The van der Waals surface area contributed by atoms with Crippen LogP contribution in [0, 0.1) is 0 Å². The second-order valence-corrected chi connectivity index (χ2v) is 5.44. The third-order valence-corrected chi connectivity index (χ3v) is 2.99. The Labute approximate surface area is 140 Å². The highest BCUT2D eigenvalue weighted by Crippen LogP contribution is 2.12. The van der Waals surface area contributed by atoms with Gasteiger partial charge in [0.1, 0.15) is 6.54 Å². The summed E-state index contributed by atoms with van der Waals surface area (Å²) in [6.45, 7) is 3.71. The Morgan fingerprint density at radius 1 is 1.21 bits per heavy atom. The van der Waals surface area contributed by atoms with Gasteiger partial charge in [-0.3, -0.25) is 9.59 Å². The van der Waals surface area contributed by atoms with E-state index in [0.29, 0.717) is 11.3 Å². The summed E-state index contributed by atoms with van der Waals surface area (Å²) in [5.41, 5.74) is 0.869. The van der Waals surface area contributed by atoms with Gasteiger partial charge in [-0.15, -0.1) is 0 Å². The van der Waals surface area contributed by atoms with Crippen molar-refractivity contribution in [2.75, 3.05) is 32.1 Å². The van der Waals surface area contributed by atoms with Crippen LogP contribution in [0.15, 0.2) is 24.3 Å². The number of amides is 3. The molecule has 0 radical (unpaired) electrons. The van der Waals surface area contributed by atoms with Gasteiger partial charge in [0.05, 0.1) is 6.61 Å². The van der Waals surface area contributed by atoms with E-state index in [0.717, 1.165) is 0 Å². The van der Waals surface area contributed by atoms with Gasteiger partial charge in [-0.1, -0.05) is 0 Å². The molecule has 0 atom stereocenters. The molecule has 0 aliphatic carbocycles. The largest absolute Gasteiger partial charge is 0.480 e. The number of nitrogens with one attached hydrogen (secondary N) is 2. The number of hydrogen-bond donors (Lipinski definition) is 3. The topological polar surface area (TPSA) is 108 Å². The molecular weight excluding hydrogens is 314 g/mol. The van der Waals surface area contributed by atoms with Crippen LogP contribution in [0.5, 0.6) is 0 Å². The van der Waals surface area contributed by atoms with E-state index < -0.39 is 18.4 Å². The standard InChI is InChI=1S/C16H23N3O5/c1-11(2)17-16(23)18-13-6-4-12(5-7-13)15(22)19(8-9-24-3)10-14(20)21/h4-7,11H,8-10H2,1-3H3,(H,20,21)(H2,17,18,23). The maximum atomic E-state index is 12.4. The van der Waals surface area contributed by atoms with E-state index in [2.05, 4.69) is 10.6 Å². The minimum atomic E-state index is -1.09. The van der Waals surface area contributed by atoms with E-state index in [9.17, 15) is 14.4 Å². The highest BCUT2D eigenvalue weighted by atomic mass is 16.5. The molecule has 0 aliphatic rings. The molecule has 0 heterocycles. The van der Waals surface area contributed by atoms with Crippen LogP contribution >= 0.6 is 0 Å². The molecule has 8 nitrogen and oxygen atoms in total. The maximum absolute atomic E-state index is 12.4. The smallest absolute Gasteiger partial charge is 0.323 e. The normalized spacial score (nSPS) is 10.3. The van der Waals surface area contributed by atoms with Crippen LogP contribution in [0.3, 0.4) is 0 Å². The summed E-state index contributed by atoms with van der Waals surface area (Å²) >= 11 is 0. The van der Waals surface area contributed by atoms with E-state index in [1.54, 1.807) is 12.1 Å². The number of urea groups is 1. The second-order valence-electron chi connectivity index (χ2n) is 5.44. The predicted molar refractivity (Wildman–Crippen MR) is 89.1 cm³/mol. The molecule has 0 spiro atoms. The Hall–Kier alpha value is -2.61. The minimum Gasteiger partial charge on any atom is -0.480 e. The fourth-order valence-corrected chi connectivity index (χ4v) is 1.93. The zero-order valence-electron chi connectivity index (χ0n) is 14.0. The highest BCUT2D eigenvalue weighted by Gasteiger charge is 2.18. The van der Waals surface area contributed by atoms with Crippen molar-refractivity contribution in [2.45, 2.75) is 19.9 Å². The van der Waals surface area contributed by atoms with E-state index in [1.807, 2.05) is 13.8 Å². The van der Waals surface area contributed by atoms with Crippen LogP contribution in [0.1, 0.15) is 24.2 Å². The summed E-state index contributed by atoms with van der Waals surface area (Å²) in [5.74, 6) is -1.50. The molecule has 0 unspecified atom stereocenters. The molecule has 132 valence electrons. The molecule has 3 amide bonds. The summed E-state index contributed by atoms with van der Waals surface area (Å²) in [4.78, 5) is 36.1. The van der Waals surface area contributed by atoms with Crippen molar-refractivity contribution in [2.24, 2.45) is 0 Å². The Kier molecular flexibility index (Phi) is 7.70. The number of hydrogen-bond acceptors (Lipinski definition) is 4. The van der Waals surface area contributed by atoms with Gasteiger partial charge in [0.25, 0.3) is 5.91 Å². The molecule has 1 aromatic rings. The molecule has 0 fully saturated rings. The molecule has 0 aliphatic heterocycles. The predicted octanol–water partition coefficient (Wildman–Crippen LogP) is 1.39. The van der Waals surface area contributed by atoms with Gasteiger partial charge in [-0.2, -0.15) is 0 Å². The number of carbonyl (C=O) groups excluding carboxylic acids is 2. The van der Waals surface area contributed by atoms with Crippen molar-refractivity contribution in [1.82, 2.24) is 10.2 Å². The first-order valence-electron chi connectivity index (χ1n) is 7.51. The lowest BCUT2D eigenvalue weighted by Gasteiger charge is -2.20. The molecule has 1 aromatic carbocycles. The summed E-state index contributed by atoms with van der Waals surface area (Å²) in [5, 5.41) is 14.2. The first-order chi connectivity index (χ1) is 11.3. The van der Waals surface area contributed by atoms with Gasteiger partial charge in [0.2, 0.25) is 0 Å². The van der Waals surface area contributed by atoms with Crippen LogP contribution in [-0.4, -0.2) is 60.8 Å². The van der Waals surface area contributed by atoms with Gasteiger partial charge >= 0.3 is 12.0 Å². The van der Waals surface area contributed by atoms with Crippen LogP contribution in [0.2, 0.25) is 0 Å². The number of benzene rings is 1. The second kappa shape index (κ2) is 9.51. The average molecular weight is 337 g/mol. The molecular formula is C16H23N3O5. The average Bonchev–Trinajstić information content (AvgIpc) is 2.50. The number of rotatable bonds is 8. The maximum Gasteiger partial charge on any atom is 0.323 e. The third-order valence-electron chi connectivity index (χ3n) is 2.99. The number of carboxylic acid groups (broad SMARTS) is 1. The number of aliphatic carboxylic acids is 1. The van der Waals surface area contributed by atoms with Crippen LogP contribution in [0.4, 0.5) is 10.5 Å². The lowest BCUT2D eigenvalue weighted by molar-refractivity contribution is -0.137. The van der Waals surface area contributed by atoms with Crippen molar-refractivity contribution >= 4 is 23.6 Å². The van der Waals surface area contributed by atoms with E-state index in [1.165, 1.54) is 24.1 Å². The lowest BCUT2D eigenvalue weighted by Crippen LogP contribution is -2.38. The van der Waals surface area contributed by atoms with E-state index in [4.69, 9.17) is 9.84 Å². The zero-order valence-corrected chi connectivity index (χ0v) is 14.0. The first-order valence-corrected chi connectivity index (χ1v) is 7.51. The molecule has 0 saturated heterocycles. The molecule has 0 aromatic heterocycles. The third kappa shape index (κ3) is 6.66. The molecule has 0 saturated carbocycles. The summed E-state index contributed by atoms with van der Waals surface area (Å²) in [6, 6.07) is 5.92. The minimum absolute atomic E-state index is 0.0104. The molecule has 8 heteroatoms. The SMILES string of the molecule is COCCN(CC(=O)O)C(=O)c1ccc(NC(=O)NC(C)C)cc1.